The van der Waals surface area contributed by atoms with Crippen LogP contribution in [0.15, 0.2) is 6.33 Å². The highest BCUT2D eigenvalue weighted by Gasteiger charge is 2.42. The van der Waals surface area contributed by atoms with Gasteiger partial charge in [0.1, 0.15) is 6.33 Å². The second-order valence-electron chi connectivity index (χ2n) is 4.18. The predicted octanol–water partition coefficient (Wildman–Crippen LogP) is -0.259. The average molecular weight is 224 g/mol. The number of carboxylic acid groups (broad SMARTS) is 1. The first-order valence-electron chi connectivity index (χ1n) is 4.91. The molecule has 16 heavy (non-hydrogen) atoms. The molecule has 0 saturated carbocycles. The van der Waals surface area contributed by atoms with Gasteiger partial charge < -0.3 is 10.0 Å². The van der Waals surface area contributed by atoms with Gasteiger partial charge in [0, 0.05) is 13.1 Å². The number of amides is 1. The Kier molecular flexibility index (Phi) is 2.37. The van der Waals surface area contributed by atoms with E-state index >= 15 is 0 Å². The molecule has 7 heteroatoms. The Morgan fingerprint density at radius 3 is 2.88 bits per heavy atom. The van der Waals surface area contributed by atoms with Crippen molar-refractivity contribution in [3.63, 3.8) is 0 Å². The van der Waals surface area contributed by atoms with Crippen LogP contribution < -0.4 is 0 Å². The molecule has 0 radical (unpaired) electrons. The minimum Gasteiger partial charge on any atom is -0.481 e. The molecule has 1 aliphatic rings. The Labute approximate surface area is 91.5 Å². The van der Waals surface area contributed by atoms with Gasteiger partial charge in [0.25, 0.3) is 5.91 Å². The van der Waals surface area contributed by atoms with E-state index in [0.717, 1.165) is 0 Å². The van der Waals surface area contributed by atoms with Gasteiger partial charge in [0.05, 0.1) is 5.41 Å². The molecule has 0 bridgehead atoms. The maximum absolute atomic E-state index is 11.8. The van der Waals surface area contributed by atoms with E-state index in [1.54, 1.807) is 6.92 Å². The molecule has 1 amide bonds. The van der Waals surface area contributed by atoms with Crippen molar-refractivity contribution < 1.29 is 14.7 Å². The number of likely N-dealkylation sites (tertiary alicyclic amines) is 1. The zero-order valence-electron chi connectivity index (χ0n) is 8.80. The lowest BCUT2D eigenvalue weighted by Crippen LogP contribution is -2.35. The summed E-state index contributed by atoms with van der Waals surface area (Å²) < 4.78 is 0. The summed E-state index contributed by atoms with van der Waals surface area (Å²) in [4.78, 5) is 28.1. The number of carbonyl (C=O) groups excluding carboxylic acids is 1. The number of H-pyrrole nitrogens is 1. The van der Waals surface area contributed by atoms with Gasteiger partial charge in [-0.2, -0.15) is 5.10 Å². The van der Waals surface area contributed by atoms with E-state index in [2.05, 4.69) is 15.2 Å². The molecule has 1 unspecified atom stereocenters. The number of nitrogens with one attached hydrogen (secondary N) is 1. The third-order valence-electron chi connectivity index (χ3n) is 2.89. The predicted molar refractivity (Wildman–Crippen MR) is 52.6 cm³/mol. The number of aromatic amines is 1. The van der Waals surface area contributed by atoms with Crippen molar-refractivity contribution in [3.05, 3.63) is 12.2 Å². The maximum atomic E-state index is 11.8. The zero-order chi connectivity index (χ0) is 11.8. The molecule has 7 nitrogen and oxygen atoms in total. The van der Waals surface area contributed by atoms with E-state index in [9.17, 15) is 9.59 Å². The number of hydrogen-bond acceptors (Lipinski definition) is 4. The number of carbonyl (C=O) groups is 2. The fourth-order valence-electron chi connectivity index (χ4n) is 1.77. The van der Waals surface area contributed by atoms with E-state index in [0.29, 0.717) is 13.0 Å². The average Bonchev–Trinajstić information content (AvgIpc) is 2.85. The molecule has 1 aliphatic heterocycles. The second kappa shape index (κ2) is 3.58. The fourth-order valence-corrected chi connectivity index (χ4v) is 1.77. The molecular weight excluding hydrogens is 212 g/mol. The number of aromatic nitrogens is 3. The third-order valence-corrected chi connectivity index (χ3v) is 2.89. The summed E-state index contributed by atoms with van der Waals surface area (Å²) in [6, 6.07) is 0. The smallest absolute Gasteiger partial charge is 0.311 e. The van der Waals surface area contributed by atoms with Crippen LogP contribution in [0.4, 0.5) is 0 Å². The van der Waals surface area contributed by atoms with Gasteiger partial charge in [-0.25, -0.2) is 4.98 Å². The van der Waals surface area contributed by atoms with Gasteiger partial charge in [-0.1, -0.05) is 0 Å². The highest BCUT2D eigenvalue weighted by Crippen LogP contribution is 2.30. The molecule has 1 fully saturated rings. The topological polar surface area (TPSA) is 99.2 Å². The van der Waals surface area contributed by atoms with E-state index in [1.807, 2.05) is 0 Å². The minimum absolute atomic E-state index is 0.148. The van der Waals surface area contributed by atoms with Crippen LogP contribution >= 0.6 is 0 Å². The Balaban J connectivity index is 2.10. The van der Waals surface area contributed by atoms with Crippen molar-refractivity contribution in [1.82, 2.24) is 20.1 Å². The summed E-state index contributed by atoms with van der Waals surface area (Å²) in [5.41, 5.74) is -0.852. The summed E-state index contributed by atoms with van der Waals surface area (Å²) >= 11 is 0. The molecule has 1 aromatic heterocycles. The van der Waals surface area contributed by atoms with Gasteiger partial charge in [0.2, 0.25) is 5.82 Å². The first kappa shape index (κ1) is 10.6. The van der Waals surface area contributed by atoms with Gasteiger partial charge in [-0.15, -0.1) is 0 Å². The van der Waals surface area contributed by atoms with Crippen molar-refractivity contribution in [2.24, 2.45) is 5.41 Å². The van der Waals surface area contributed by atoms with Gasteiger partial charge in [0.15, 0.2) is 0 Å². The summed E-state index contributed by atoms with van der Waals surface area (Å²) in [5.74, 6) is -1.03. The van der Waals surface area contributed by atoms with Crippen LogP contribution in [-0.4, -0.2) is 50.2 Å². The van der Waals surface area contributed by atoms with Gasteiger partial charge in [-0.3, -0.25) is 14.7 Å². The fraction of sp³-hybridized carbons (Fsp3) is 0.556. The highest BCUT2D eigenvalue weighted by atomic mass is 16.4. The number of nitrogens with zero attached hydrogens (tertiary/aromatic N) is 3. The standard InChI is InChI=1S/C9H12N4O3/c1-9(8(15)16)2-3-13(4-9)7(14)6-10-5-11-12-6/h5H,2-4H2,1H3,(H,15,16)(H,10,11,12). The Morgan fingerprint density at radius 1 is 1.62 bits per heavy atom. The van der Waals surface area contributed by atoms with Crippen LogP contribution in [0.2, 0.25) is 0 Å². The van der Waals surface area contributed by atoms with Crippen molar-refractivity contribution >= 4 is 11.9 Å². The Bertz CT molecular complexity index is 416. The number of aliphatic carboxylic acids is 1. The van der Waals surface area contributed by atoms with Crippen LogP contribution in [0, 0.1) is 5.41 Å². The minimum atomic E-state index is -0.875. The zero-order valence-corrected chi connectivity index (χ0v) is 8.80. The van der Waals surface area contributed by atoms with Crippen LogP contribution in [0.1, 0.15) is 24.0 Å². The largest absolute Gasteiger partial charge is 0.481 e. The molecule has 0 spiro atoms. The summed E-state index contributed by atoms with van der Waals surface area (Å²) in [6.07, 6.45) is 1.71. The van der Waals surface area contributed by atoms with Crippen molar-refractivity contribution in [2.45, 2.75) is 13.3 Å². The lowest BCUT2D eigenvalue weighted by molar-refractivity contribution is -0.147. The molecule has 0 aliphatic carbocycles. The molecule has 1 atom stereocenters. The van der Waals surface area contributed by atoms with E-state index in [-0.39, 0.29) is 18.3 Å². The van der Waals surface area contributed by atoms with E-state index < -0.39 is 11.4 Å². The Hall–Kier alpha value is -1.92. The molecule has 2 N–H and O–H groups in total. The third kappa shape index (κ3) is 1.64. The summed E-state index contributed by atoms with van der Waals surface area (Å²) in [6.45, 7) is 2.28. The number of hydrogen-bond donors (Lipinski definition) is 2. The van der Waals surface area contributed by atoms with E-state index in [4.69, 9.17) is 5.11 Å². The van der Waals surface area contributed by atoms with E-state index in [1.165, 1.54) is 11.2 Å². The molecular formula is C9H12N4O3. The monoisotopic (exact) mass is 224 g/mol. The van der Waals surface area contributed by atoms with Crippen LogP contribution in [0.25, 0.3) is 0 Å². The lowest BCUT2D eigenvalue weighted by Gasteiger charge is -2.19. The summed E-state index contributed by atoms with van der Waals surface area (Å²) in [5, 5.41) is 15.1. The Morgan fingerprint density at radius 2 is 2.38 bits per heavy atom. The molecule has 1 aromatic rings. The quantitative estimate of drug-likeness (QED) is 0.721. The number of rotatable bonds is 2. The van der Waals surface area contributed by atoms with Crippen LogP contribution in [0.3, 0.4) is 0 Å². The molecule has 86 valence electrons. The second-order valence-corrected chi connectivity index (χ2v) is 4.18. The highest BCUT2D eigenvalue weighted by molar-refractivity contribution is 5.91. The maximum Gasteiger partial charge on any atom is 0.311 e. The molecule has 0 aromatic carbocycles. The lowest BCUT2D eigenvalue weighted by atomic mass is 9.90. The van der Waals surface area contributed by atoms with Crippen molar-refractivity contribution in [1.29, 1.82) is 0 Å². The first-order valence-corrected chi connectivity index (χ1v) is 4.91. The number of carboxylic acids is 1. The van der Waals surface area contributed by atoms with Crippen molar-refractivity contribution in [2.75, 3.05) is 13.1 Å². The first-order chi connectivity index (χ1) is 7.53. The van der Waals surface area contributed by atoms with Gasteiger partial charge >= 0.3 is 5.97 Å². The SMILES string of the molecule is CC1(C(=O)O)CCN(C(=O)c2ncn[nH]2)C1. The van der Waals surface area contributed by atoms with Gasteiger partial charge in [-0.05, 0) is 13.3 Å². The normalized spacial score (nSPS) is 24.7. The van der Waals surface area contributed by atoms with Crippen molar-refractivity contribution in [3.8, 4) is 0 Å². The van der Waals surface area contributed by atoms with Crippen LogP contribution in [0.5, 0.6) is 0 Å². The molecule has 1 saturated heterocycles. The molecule has 2 rings (SSSR count). The van der Waals surface area contributed by atoms with Crippen LogP contribution in [-0.2, 0) is 4.79 Å². The summed E-state index contributed by atoms with van der Waals surface area (Å²) in [7, 11) is 0. The molecule has 2 heterocycles.